The van der Waals surface area contributed by atoms with Crippen LogP contribution in [0.2, 0.25) is 10.0 Å². The summed E-state index contributed by atoms with van der Waals surface area (Å²) in [6, 6.07) is 3.73. The first kappa shape index (κ1) is 14.5. The minimum absolute atomic E-state index is 0.409. The molecule has 5 heteroatoms. The molecule has 0 spiro atoms. The fourth-order valence-electron chi connectivity index (χ4n) is 3.22. The van der Waals surface area contributed by atoms with Gasteiger partial charge in [-0.3, -0.25) is 0 Å². The van der Waals surface area contributed by atoms with E-state index < -0.39 is 0 Å². The molecule has 20 heavy (non-hydrogen) atoms. The van der Waals surface area contributed by atoms with Crippen molar-refractivity contribution in [3.8, 4) is 0 Å². The molecule has 0 saturated heterocycles. The minimum atomic E-state index is 0.409. The number of nitrogens with zero attached hydrogens (tertiary/aromatic N) is 2. The van der Waals surface area contributed by atoms with Crippen LogP contribution in [0, 0.1) is 11.8 Å². The van der Waals surface area contributed by atoms with E-state index in [1.807, 2.05) is 12.1 Å². The Kier molecular flexibility index (Phi) is 4.16. The van der Waals surface area contributed by atoms with Gasteiger partial charge in [0.05, 0.1) is 27.0 Å². The number of hydrogen-bond acceptors (Lipinski definition) is 1. The molecule has 1 aromatic carbocycles. The van der Waals surface area contributed by atoms with Gasteiger partial charge in [0.25, 0.3) is 0 Å². The van der Waals surface area contributed by atoms with Crippen LogP contribution in [0.25, 0.3) is 11.0 Å². The molecule has 0 bridgehead atoms. The Morgan fingerprint density at radius 2 is 2.00 bits per heavy atom. The third kappa shape index (κ3) is 2.66. The molecule has 0 N–H and O–H groups in total. The Bertz CT molecular complexity index is 636. The highest BCUT2D eigenvalue weighted by atomic mass is 35.5. The number of imidazole rings is 1. The van der Waals surface area contributed by atoms with Crippen molar-refractivity contribution in [1.29, 1.82) is 0 Å². The number of halogens is 3. The van der Waals surface area contributed by atoms with Gasteiger partial charge in [0, 0.05) is 6.54 Å². The van der Waals surface area contributed by atoms with E-state index in [-0.39, 0.29) is 0 Å². The van der Waals surface area contributed by atoms with E-state index in [1.54, 1.807) is 0 Å². The highest BCUT2D eigenvalue weighted by molar-refractivity contribution is 6.42. The summed E-state index contributed by atoms with van der Waals surface area (Å²) in [4.78, 5) is 4.58. The van der Waals surface area contributed by atoms with Gasteiger partial charge in [0.15, 0.2) is 0 Å². The summed E-state index contributed by atoms with van der Waals surface area (Å²) >= 11 is 18.3. The molecule has 1 saturated carbocycles. The average Bonchev–Trinajstić information content (AvgIpc) is 2.96. The quantitative estimate of drug-likeness (QED) is 0.677. The first-order valence-corrected chi connectivity index (χ1v) is 8.27. The van der Waals surface area contributed by atoms with Gasteiger partial charge in [-0.25, -0.2) is 4.98 Å². The predicted octanol–water partition coefficient (Wildman–Crippen LogP) is 5.52. The fraction of sp³-hybridized carbons (Fsp3) is 0.533. The van der Waals surface area contributed by atoms with Crippen molar-refractivity contribution < 1.29 is 0 Å². The second-order valence-electron chi connectivity index (χ2n) is 5.81. The Morgan fingerprint density at radius 1 is 1.25 bits per heavy atom. The Labute approximate surface area is 134 Å². The zero-order chi connectivity index (χ0) is 14.3. The zero-order valence-electron chi connectivity index (χ0n) is 11.4. The molecule has 1 aliphatic rings. The first-order valence-electron chi connectivity index (χ1n) is 6.98. The molecule has 1 aliphatic carbocycles. The lowest BCUT2D eigenvalue weighted by molar-refractivity contribution is 0.441. The lowest BCUT2D eigenvalue weighted by Crippen LogP contribution is -2.10. The molecule has 1 heterocycles. The lowest BCUT2D eigenvalue weighted by atomic mass is 10.1. The van der Waals surface area contributed by atoms with Crippen molar-refractivity contribution in [2.24, 2.45) is 11.8 Å². The van der Waals surface area contributed by atoms with Crippen LogP contribution in [0.1, 0.15) is 32.0 Å². The van der Waals surface area contributed by atoms with Crippen molar-refractivity contribution in [3.63, 3.8) is 0 Å². The van der Waals surface area contributed by atoms with Crippen molar-refractivity contribution >= 4 is 45.8 Å². The maximum Gasteiger partial charge on any atom is 0.124 e. The van der Waals surface area contributed by atoms with Crippen LogP contribution in [-0.2, 0) is 12.4 Å². The Hall–Kier alpha value is -0.440. The van der Waals surface area contributed by atoms with E-state index in [0.29, 0.717) is 21.8 Å². The molecule has 1 aromatic heterocycles. The van der Waals surface area contributed by atoms with Gasteiger partial charge in [-0.15, -0.1) is 11.6 Å². The SMILES string of the molecule is CC1CCC(Cn2c(CCl)nc3cc(Cl)c(Cl)cc32)C1. The predicted molar refractivity (Wildman–Crippen MR) is 85.8 cm³/mol. The number of alkyl halides is 1. The van der Waals surface area contributed by atoms with Crippen LogP contribution in [-0.4, -0.2) is 9.55 Å². The van der Waals surface area contributed by atoms with Crippen molar-refractivity contribution in [2.75, 3.05) is 0 Å². The van der Waals surface area contributed by atoms with Gasteiger partial charge in [0.2, 0.25) is 0 Å². The Morgan fingerprint density at radius 3 is 2.65 bits per heavy atom. The molecule has 3 rings (SSSR count). The maximum atomic E-state index is 6.15. The van der Waals surface area contributed by atoms with Crippen molar-refractivity contribution in [2.45, 2.75) is 38.6 Å². The number of hydrogen-bond donors (Lipinski definition) is 0. The van der Waals surface area contributed by atoms with Gasteiger partial charge in [-0.2, -0.15) is 0 Å². The first-order chi connectivity index (χ1) is 9.58. The highest BCUT2D eigenvalue weighted by Crippen LogP contribution is 2.34. The van der Waals surface area contributed by atoms with Crippen LogP contribution >= 0.6 is 34.8 Å². The summed E-state index contributed by atoms with van der Waals surface area (Å²) in [7, 11) is 0. The van der Waals surface area contributed by atoms with Crippen molar-refractivity contribution in [3.05, 3.63) is 28.0 Å². The van der Waals surface area contributed by atoms with E-state index in [0.717, 1.165) is 29.3 Å². The van der Waals surface area contributed by atoms with E-state index >= 15 is 0 Å². The lowest BCUT2D eigenvalue weighted by Gasteiger charge is -2.14. The van der Waals surface area contributed by atoms with Gasteiger partial charge < -0.3 is 4.57 Å². The second-order valence-corrected chi connectivity index (χ2v) is 6.89. The summed E-state index contributed by atoms with van der Waals surface area (Å²) in [6.45, 7) is 3.30. The van der Waals surface area contributed by atoms with Crippen molar-refractivity contribution in [1.82, 2.24) is 9.55 Å². The van der Waals surface area contributed by atoms with Crippen LogP contribution in [0.5, 0.6) is 0 Å². The van der Waals surface area contributed by atoms with E-state index in [1.165, 1.54) is 19.3 Å². The molecule has 2 atom stereocenters. The number of rotatable bonds is 3. The largest absolute Gasteiger partial charge is 0.327 e. The van der Waals surface area contributed by atoms with E-state index in [9.17, 15) is 0 Å². The molecule has 0 amide bonds. The summed E-state index contributed by atoms with van der Waals surface area (Å²) in [5.74, 6) is 2.84. The summed E-state index contributed by atoms with van der Waals surface area (Å²) < 4.78 is 2.22. The molecule has 108 valence electrons. The minimum Gasteiger partial charge on any atom is -0.327 e. The van der Waals surface area contributed by atoms with Crippen LogP contribution < -0.4 is 0 Å². The van der Waals surface area contributed by atoms with Crippen LogP contribution in [0.4, 0.5) is 0 Å². The molecule has 0 radical (unpaired) electrons. The highest BCUT2D eigenvalue weighted by Gasteiger charge is 2.23. The third-order valence-corrected chi connectivity index (χ3v) is 5.19. The fourth-order valence-corrected chi connectivity index (χ4v) is 3.74. The number of aromatic nitrogens is 2. The standard InChI is InChI=1S/C15H17Cl3N2/c1-9-2-3-10(4-9)8-20-14-6-12(18)11(17)5-13(14)19-15(20)7-16/h5-6,9-10H,2-4,7-8H2,1H3. The van der Waals surface area contributed by atoms with E-state index in [2.05, 4.69) is 16.5 Å². The summed E-state index contributed by atoms with van der Waals surface area (Å²) in [5, 5.41) is 1.11. The number of benzene rings is 1. The number of fused-ring (bicyclic) bond motifs is 1. The zero-order valence-corrected chi connectivity index (χ0v) is 13.6. The maximum absolute atomic E-state index is 6.15. The summed E-state index contributed by atoms with van der Waals surface area (Å²) in [6.07, 6.45) is 3.88. The topological polar surface area (TPSA) is 17.8 Å². The molecule has 2 unspecified atom stereocenters. The van der Waals surface area contributed by atoms with Gasteiger partial charge in [-0.1, -0.05) is 36.5 Å². The molecular formula is C15H17Cl3N2. The summed E-state index contributed by atoms with van der Waals surface area (Å²) in [5.41, 5.74) is 1.91. The van der Waals surface area contributed by atoms with E-state index in [4.69, 9.17) is 34.8 Å². The molecule has 1 fully saturated rings. The molecular weight excluding hydrogens is 315 g/mol. The molecule has 2 aromatic rings. The smallest absolute Gasteiger partial charge is 0.124 e. The van der Waals surface area contributed by atoms with Crippen LogP contribution in [0.3, 0.4) is 0 Å². The normalized spacial score (nSPS) is 22.8. The van der Waals surface area contributed by atoms with Gasteiger partial charge in [0.1, 0.15) is 5.82 Å². The van der Waals surface area contributed by atoms with Gasteiger partial charge in [-0.05, 0) is 36.8 Å². The third-order valence-electron chi connectivity index (χ3n) is 4.23. The molecule has 2 nitrogen and oxygen atoms in total. The van der Waals surface area contributed by atoms with Gasteiger partial charge >= 0.3 is 0 Å². The molecule has 0 aliphatic heterocycles. The second kappa shape index (κ2) is 5.75. The average molecular weight is 332 g/mol. The monoisotopic (exact) mass is 330 g/mol. The Balaban J connectivity index is 2.01. The van der Waals surface area contributed by atoms with Crippen LogP contribution in [0.15, 0.2) is 12.1 Å².